The molecule has 2 saturated heterocycles. The van der Waals surface area contributed by atoms with Gasteiger partial charge in [0.1, 0.15) is 6.54 Å². The Morgan fingerprint density at radius 1 is 1.17 bits per heavy atom. The van der Waals surface area contributed by atoms with Crippen molar-refractivity contribution >= 4 is 44.2 Å². The lowest BCUT2D eigenvalue weighted by Gasteiger charge is -2.43. The van der Waals surface area contributed by atoms with Gasteiger partial charge in [0, 0.05) is 36.3 Å². The molecular weight excluding hydrogens is 422 g/mol. The summed E-state index contributed by atoms with van der Waals surface area (Å²) in [6.45, 7) is 3.50. The highest BCUT2D eigenvalue weighted by molar-refractivity contribution is 7.99. The maximum absolute atomic E-state index is 13.1. The van der Waals surface area contributed by atoms with Crippen LogP contribution in [0.4, 0.5) is 5.69 Å². The molecule has 3 heterocycles. The predicted octanol–water partition coefficient (Wildman–Crippen LogP) is 1.67. The Kier molecular flexibility index (Phi) is 5.17. The van der Waals surface area contributed by atoms with Crippen LogP contribution in [0.2, 0.25) is 0 Å². The summed E-state index contributed by atoms with van der Waals surface area (Å²) in [6.07, 6.45) is 1.02. The van der Waals surface area contributed by atoms with E-state index in [1.54, 1.807) is 18.2 Å². The van der Waals surface area contributed by atoms with Gasteiger partial charge in [-0.05, 0) is 29.7 Å². The summed E-state index contributed by atoms with van der Waals surface area (Å²) < 4.78 is 32.9. The van der Waals surface area contributed by atoms with E-state index < -0.39 is 10.0 Å². The number of morpholine rings is 1. The molecule has 1 atom stereocenters. The second kappa shape index (κ2) is 7.71. The van der Waals surface area contributed by atoms with Crippen LogP contribution < -0.4 is 9.62 Å². The van der Waals surface area contributed by atoms with Gasteiger partial charge in [0.25, 0.3) is 10.0 Å². The zero-order chi connectivity index (χ0) is 20.8. The van der Waals surface area contributed by atoms with Gasteiger partial charge in [-0.25, -0.2) is 8.42 Å². The lowest BCUT2D eigenvalue weighted by molar-refractivity contribution is -0.120. The fourth-order valence-electron chi connectivity index (χ4n) is 4.71. The van der Waals surface area contributed by atoms with Gasteiger partial charge in [0.2, 0.25) is 5.91 Å². The average molecular weight is 448 g/mol. The van der Waals surface area contributed by atoms with Crippen LogP contribution in [-0.4, -0.2) is 75.7 Å². The van der Waals surface area contributed by atoms with E-state index in [4.69, 9.17) is 4.74 Å². The van der Waals surface area contributed by atoms with Crippen LogP contribution in [0.3, 0.4) is 0 Å². The van der Waals surface area contributed by atoms with E-state index in [9.17, 15) is 13.2 Å². The Balaban J connectivity index is 1.33. The zero-order valence-electron chi connectivity index (χ0n) is 16.7. The van der Waals surface area contributed by atoms with E-state index in [1.165, 1.54) is 4.31 Å². The number of nitrogens with zero attached hydrogens (tertiary/aromatic N) is 2. The second-order valence-corrected chi connectivity index (χ2v) is 11.0. The molecule has 5 rings (SSSR count). The van der Waals surface area contributed by atoms with Gasteiger partial charge in [0.05, 0.1) is 23.8 Å². The minimum Gasteiger partial charge on any atom is -0.379 e. The summed E-state index contributed by atoms with van der Waals surface area (Å²) in [5.74, 6) is 1.78. The van der Waals surface area contributed by atoms with Crippen molar-refractivity contribution in [2.75, 3.05) is 55.2 Å². The number of rotatable bonds is 5. The van der Waals surface area contributed by atoms with Gasteiger partial charge in [0.15, 0.2) is 0 Å². The lowest BCUT2D eigenvalue weighted by Crippen LogP contribution is -2.59. The number of nitrogens with one attached hydrogen (secondary N) is 1. The highest BCUT2D eigenvalue weighted by atomic mass is 32.2. The summed E-state index contributed by atoms with van der Waals surface area (Å²) in [6, 6.07) is 10.7. The van der Waals surface area contributed by atoms with Crippen molar-refractivity contribution in [1.82, 2.24) is 10.2 Å². The fourth-order valence-corrected chi connectivity index (χ4v) is 7.86. The van der Waals surface area contributed by atoms with Crippen molar-refractivity contribution in [2.45, 2.75) is 16.9 Å². The zero-order valence-corrected chi connectivity index (χ0v) is 18.3. The molecule has 30 heavy (non-hydrogen) atoms. The Morgan fingerprint density at radius 2 is 1.93 bits per heavy atom. The largest absolute Gasteiger partial charge is 0.379 e. The highest BCUT2D eigenvalue weighted by Gasteiger charge is 2.42. The molecule has 3 aliphatic heterocycles. The Hall–Kier alpha value is -1.81. The third-order valence-corrected chi connectivity index (χ3v) is 9.38. The Labute approximate surface area is 180 Å². The maximum atomic E-state index is 13.1. The molecule has 3 aliphatic rings. The van der Waals surface area contributed by atoms with Crippen LogP contribution in [0, 0.1) is 0 Å². The predicted molar refractivity (Wildman–Crippen MR) is 119 cm³/mol. The fraction of sp³-hybridized carbons (Fsp3) is 0.476. The number of thioether (sulfide) groups is 1. The molecule has 9 heteroatoms. The molecule has 0 radical (unpaired) electrons. The molecule has 2 aromatic carbocycles. The topological polar surface area (TPSA) is 79.0 Å². The molecule has 0 aromatic heterocycles. The van der Waals surface area contributed by atoms with Crippen LogP contribution in [0.15, 0.2) is 41.3 Å². The van der Waals surface area contributed by atoms with Gasteiger partial charge >= 0.3 is 0 Å². The van der Waals surface area contributed by atoms with E-state index in [0.29, 0.717) is 30.8 Å². The number of hydrogen-bond donors (Lipinski definition) is 1. The van der Waals surface area contributed by atoms with Crippen molar-refractivity contribution in [3.8, 4) is 0 Å². The van der Waals surface area contributed by atoms with Crippen LogP contribution in [0.1, 0.15) is 6.42 Å². The SMILES string of the molecule is O=C(CN1c2cccc3cccc(c23)S1(=O)=O)NCC1(N2CCOCC2)CCSC1. The number of anilines is 1. The summed E-state index contributed by atoms with van der Waals surface area (Å²) in [5.41, 5.74) is 0.509. The smallest absolute Gasteiger partial charge is 0.265 e. The van der Waals surface area contributed by atoms with Gasteiger partial charge in [-0.3, -0.25) is 14.0 Å². The number of benzene rings is 2. The minimum absolute atomic E-state index is 0.0725. The summed E-state index contributed by atoms with van der Waals surface area (Å²) in [5, 5.41) is 4.61. The molecule has 2 fully saturated rings. The van der Waals surface area contributed by atoms with E-state index in [1.807, 2.05) is 30.0 Å². The van der Waals surface area contributed by atoms with Crippen molar-refractivity contribution in [1.29, 1.82) is 0 Å². The van der Waals surface area contributed by atoms with Gasteiger partial charge < -0.3 is 10.1 Å². The first-order chi connectivity index (χ1) is 14.5. The number of carbonyl (C=O) groups excluding carboxylic acids is 1. The Morgan fingerprint density at radius 3 is 2.67 bits per heavy atom. The second-order valence-electron chi connectivity index (χ2n) is 8.05. The molecule has 0 bridgehead atoms. The van der Waals surface area contributed by atoms with E-state index in [-0.39, 0.29) is 22.9 Å². The molecule has 1 N–H and O–H groups in total. The molecule has 7 nitrogen and oxygen atoms in total. The molecular formula is C21H25N3O4S2. The molecule has 160 valence electrons. The Bertz CT molecular complexity index is 1070. The minimum atomic E-state index is -3.73. The van der Waals surface area contributed by atoms with Crippen LogP contribution in [0.25, 0.3) is 10.8 Å². The molecule has 1 amide bonds. The van der Waals surface area contributed by atoms with Crippen molar-refractivity contribution in [3.05, 3.63) is 36.4 Å². The van der Waals surface area contributed by atoms with E-state index in [0.717, 1.165) is 36.4 Å². The molecule has 2 aromatic rings. The quantitative estimate of drug-likeness (QED) is 0.751. The normalized spacial score (nSPS) is 25.7. The van der Waals surface area contributed by atoms with Crippen LogP contribution in [0.5, 0.6) is 0 Å². The van der Waals surface area contributed by atoms with Crippen LogP contribution >= 0.6 is 11.8 Å². The van der Waals surface area contributed by atoms with E-state index in [2.05, 4.69) is 10.2 Å². The maximum Gasteiger partial charge on any atom is 0.265 e. The van der Waals surface area contributed by atoms with Gasteiger partial charge in [-0.15, -0.1) is 0 Å². The summed E-state index contributed by atoms with van der Waals surface area (Å²) >= 11 is 1.91. The lowest BCUT2D eigenvalue weighted by atomic mass is 9.95. The third-order valence-electron chi connectivity index (χ3n) is 6.35. The number of sulfonamides is 1. The number of amides is 1. The first-order valence-electron chi connectivity index (χ1n) is 10.2. The number of carbonyl (C=O) groups is 1. The molecule has 0 aliphatic carbocycles. The monoisotopic (exact) mass is 447 g/mol. The first-order valence-corrected chi connectivity index (χ1v) is 12.8. The van der Waals surface area contributed by atoms with Crippen molar-refractivity contribution < 1.29 is 17.9 Å². The van der Waals surface area contributed by atoms with Crippen molar-refractivity contribution in [3.63, 3.8) is 0 Å². The summed E-state index contributed by atoms with van der Waals surface area (Å²) in [7, 11) is -3.73. The van der Waals surface area contributed by atoms with Crippen molar-refractivity contribution in [2.24, 2.45) is 0 Å². The standard InChI is InChI=1S/C21H25N3O4S2/c25-19(22-14-21(7-12-29-15-21)23-8-10-28-11-9-23)13-24-17-5-1-3-16-4-2-6-18(20(16)17)30(24,26)27/h1-6H,7-15H2,(H,22,25). The molecule has 0 spiro atoms. The molecule has 1 unspecified atom stereocenters. The molecule has 0 saturated carbocycles. The third kappa shape index (κ3) is 3.28. The summed E-state index contributed by atoms with van der Waals surface area (Å²) in [4.78, 5) is 15.6. The van der Waals surface area contributed by atoms with Gasteiger partial charge in [-0.2, -0.15) is 11.8 Å². The van der Waals surface area contributed by atoms with Crippen LogP contribution in [-0.2, 0) is 19.6 Å². The van der Waals surface area contributed by atoms with E-state index >= 15 is 0 Å². The first kappa shape index (κ1) is 20.1. The number of ether oxygens (including phenoxy) is 1. The average Bonchev–Trinajstić information content (AvgIpc) is 3.33. The number of hydrogen-bond acceptors (Lipinski definition) is 6. The highest BCUT2D eigenvalue weighted by Crippen LogP contribution is 2.41. The van der Waals surface area contributed by atoms with Gasteiger partial charge in [-0.1, -0.05) is 24.3 Å².